The Kier molecular flexibility index (Phi) is 6.82. The summed E-state index contributed by atoms with van der Waals surface area (Å²) < 4.78 is 72.5. The number of sulfonamides is 1. The van der Waals surface area contributed by atoms with Gasteiger partial charge in [0.15, 0.2) is 0 Å². The third kappa shape index (κ3) is 5.14. The lowest BCUT2D eigenvalue weighted by Gasteiger charge is -2.14. The van der Waals surface area contributed by atoms with E-state index in [1.807, 2.05) is 19.1 Å². The summed E-state index contributed by atoms with van der Waals surface area (Å²) in [4.78, 5) is 8.17. The van der Waals surface area contributed by atoms with Gasteiger partial charge in [0, 0.05) is 35.6 Å². The van der Waals surface area contributed by atoms with Crippen LogP contribution in [0.1, 0.15) is 13.3 Å². The molecule has 37 heavy (non-hydrogen) atoms. The lowest BCUT2D eigenvalue weighted by molar-refractivity contribution is 0.166. The largest absolute Gasteiger partial charge is 0.491 e. The fraction of sp³-hybridized carbons (Fsp3) is 0.308. The van der Waals surface area contributed by atoms with Crippen molar-refractivity contribution < 1.29 is 31.4 Å². The van der Waals surface area contributed by atoms with Gasteiger partial charge in [0.25, 0.3) is 10.0 Å². The van der Waals surface area contributed by atoms with Crippen molar-refractivity contribution >= 4 is 21.3 Å². The summed E-state index contributed by atoms with van der Waals surface area (Å²) in [6.07, 6.45) is 2.48. The Labute approximate surface area is 212 Å². The molecule has 0 spiro atoms. The minimum absolute atomic E-state index is 0.000172. The Morgan fingerprint density at radius 2 is 2.00 bits per heavy atom. The van der Waals surface area contributed by atoms with E-state index in [-0.39, 0.29) is 11.6 Å². The molecule has 3 heterocycles. The number of ether oxygens (including phenoxy) is 3. The van der Waals surface area contributed by atoms with Crippen LogP contribution in [-0.4, -0.2) is 46.9 Å². The third-order valence-electron chi connectivity index (χ3n) is 6.31. The van der Waals surface area contributed by atoms with Gasteiger partial charge in [-0.25, -0.2) is 22.2 Å². The van der Waals surface area contributed by atoms with Crippen LogP contribution < -0.4 is 24.8 Å². The van der Waals surface area contributed by atoms with Crippen LogP contribution in [0.5, 0.6) is 11.6 Å². The van der Waals surface area contributed by atoms with Crippen molar-refractivity contribution in [3.8, 4) is 22.8 Å². The van der Waals surface area contributed by atoms with Gasteiger partial charge in [-0.3, -0.25) is 9.71 Å². The number of aromatic nitrogens is 1. The van der Waals surface area contributed by atoms with E-state index in [0.717, 1.165) is 46.9 Å². The molecule has 0 radical (unpaired) electrons. The number of pyridine rings is 1. The van der Waals surface area contributed by atoms with Crippen LogP contribution >= 0.6 is 0 Å². The van der Waals surface area contributed by atoms with Crippen LogP contribution in [0.25, 0.3) is 16.7 Å². The molecule has 1 aromatic heterocycles. The first-order valence-corrected chi connectivity index (χ1v) is 13.1. The lowest BCUT2D eigenvalue weighted by atomic mass is 10.0. The Bertz CT molecular complexity index is 1590. The van der Waals surface area contributed by atoms with Crippen LogP contribution in [0, 0.1) is 17.6 Å². The van der Waals surface area contributed by atoms with Crippen molar-refractivity contribution in [1.29, 1.82) is 0 Å². The van der Waals surface area contributed by atoms with Crippen LogP contribution in [-0.2, 0) is 14.8 Å². The molecule has 194 valence electrons. The molecular weight excluding hydrogens is 504 g/mol. The topological polar surface area (TPSA) is 99.1 Å². The summed E-state index contributed by atoms with van der Waals surface area (Å²) in [5.41, 5.74) is 2.39. The van der Waals surface area contributed by atoms with Gasteiger partial charge in [0.1, 0.15) is 33.3 Å². The SMILES string of the molecule is COc1ncc(-c2cc(OCC3CCOC3)c3c(c2)=C(C)CN=3)cc1NS(=O)(=O)c1ccc(F)cc1F. The van der Waals surface area contributed by atoms with Crippen molar-refractivity contribution in [2.45, 2.75) is 18.2 Å². The first-order chi connectivity index (χ1) is 17.7. The maximum Gasteiger partial charge on any atom is 0.264 e. The van der Waals surface area contributed by atoms with Gasteiger partial charge < -0.3 is 14.2 Å². The summed E-state index contributed by atoms with van der Waals surface area (Å²) in [6.45, 7) is 4.44. The summed E-state index contributed by atoms with van der Waals surface area (Å²) in [7, 11) is -3.06. The van der Waals surface area contributed by atoms with Gasteiger partial charge in [0.2, 0.25) is 5.88 Å². The monoisotopic (exact) mass is 529 g/mol. The zero-order chi connectivity index (χ0) is 26.2. The second-order valence-corrected chi connectivity index (χ2v) is 10.6. The third-order valence-corrected chi connectivity index (χ3v) is 7.71. The van der Waals surface area contributed by atoms with Crippen LogP contribution in [0.3, 0.4) is 0 Å². The van der Waals surface area contributed by atoms with Gasteiger partial charge in [-0.15, -0.1) is 0 Å². The number of methoxy groups -OCH3 is 1. The molecule has 1 saturated heterocycles. The van der Waals surface area contributed by atoms with Crippen LogP contribution in [0.4, 0.5) is 14.5 Å². The predicted molar refractivity (Wildman–Crippen MR) is 133 cm³/mol. The number of hydrogen-bond donors (Lipinski definition) is 1. The van der Waals surface area contributed by atoms with E-state index in [2.05, 4.69) is 14.7 Å². The molecule has 2 aliphatic heterocycles. The highest BCUT2D eigenvalue weighted by Gasteiger charge is 2.23. The van der Waals surface area contributed by atoms with Gasteiger partial charge in [0.05, 0.1) is 26.9 Å². The number of nitrogens with zero attached hydrogens (tertiary/aromatic N) is 2. The van der Waals surface area contributed by atoms with Crippen LogP contribution in [0.15, 0.2) is 52.5 Å². The molecular formula is C26H25F2N3O5S. The zero-order valence-corrected chi connectivity index (χ0v) is 21.1. The maximum atomic E-state index is 14.2. The standard InChI is InChI=1S/C26H25F2N3O5S/c1-15-11-29-25-20(15)7-17(9-23(25)36-14-16-5-6-35-13-16)18-8-22(26(34-2)30-12-18)31-37(32,33)24-4-3-19(27)10-21(24)28/h3-4,7-10,12,16,31H,5-6,11,13-14H2,1-2H3. The van der Waals surface area contributed by atoms with E-state index in [4.69, 9.17) is 14.2 Å². The first kappa shape index (κ1) is 25.1. The molecule has 1 fully saturated rings. The van der Waals surface area contributed by atoms with Gasteiger partial charge in [-0.05, 0) is 54.8 Å². The Balaban J connectivity index is 1.53. The first-order valence-electron chi connectivity index (χ1n) is 11.7. The molecule has 0 saturated carbocycles. The normalized spacial score (nSPS) is 16.9. The van der Waals surface area contributed by atoms with Crippen molar-refractivity contribution in [3.05, 3.63) is 64.8 Å². The predicted octanol–water partition coefficient (Wildman–Crippen LogP) is 3.06. The van der Waals surface area contributed by atoms with Crippen LogP contribution in [0.2, 0.25) is 0 Å². The smallest absolute Gasteiger partial charge is 0.264 e. The molecule has 3 aromatic rings. The molecule has 2 aliphatic rings. The molecule has 11 heteroatoms. The van der Waals surface area contributed by atoms with E-state index in [1.54, 1.807) is 12.3 Å². The maximum absolute atomic E-state index is 14.2. The Morgan fingerprint density at radius 1 is 1.16 bits per heavy atom. The number of fused-ring (bicyclic) bond motifs is 1. The van der Waals surface area contributed by atoms with Crippen molar-refractivity contribution in [2.24, 2.45) is 10.9 Å². The highest BCUT2D eigenvalue weighted by molar-refractivity contribution is 7.92. The van der Waals surface area contributed by atoms with E-state index < -0.39 is 26.6 Å². The molecule has 1 atom stereocenters. The minimum Gasteiger partial charge on any atom is -0.491 e. The lowest BCUT2D eigenvalue weighted by Crippen LogP contribution is -2.27. The van der Waals surface area contributed by atoms with Crippen molar-refractivity contribution in [3.63, 3.8) is 0 Å². The van der Waals surface area contributed by atoms with Crippen molar-refractivity contribution in [2.75, 3.05) is 38.2 Å². The van der Waals surface area contributed by atoms with E-state index >= 15 is 0 Å². The second-order valence-electron chi connectivity index (χ2n) is 8.97. The number of anilines is 1. The van der Waals surface area contributed by atoms with E-state index in [0.29, 0.717) is 43.1 Å². The summed E-state index contributed by atoms with van der Waals surface area (Å²) in [5.74, 6) is -1.17. The number of nitrogens with one attached hydrogen (secondary N) is 1. The molecule has 2 aromatic carbocycles. The molecule has 0 bridgehead atoms. The molecule has 1 unspecified atom stereocenters. The highest BCUT2D eigenvalue weighted by Crippen LogP contribution is 2.31. The number of rotatable bonds is 8. The molecule has 5 rings (SSSR count). The average Bonchev–Trinajstić information content (AvgIpc) is 3.52. The molecule has 1 N–H and O–H groups in total. The van der Waals surface area contributed by atoms with E-state index in [1.165, 1.54) is 7.11 Å². The molecule has 0 aliphatic carbocycles. The molecule has 0 amide bonds. The summed E-state index contributed by atoms with van der Waals surface area (Å²) in [5, 5.41) is 1.73. The van der Waals surface area contributed by atoms with Gasteiger partial charge in [-0.2, -0.15) is 0 Å². The minimum atomic E-state index is -4.40. The highest BCUT2D eigenvalue weighted by atomic mass is 32.2. The number of benzene rings is 2. The number of halogens is 2. The Morgan fingerprint density at radius 3 is 2.73 bits per heavy atom. The van der Waals surface area contributed by atoms with E-state index in [9.17, 15) is 17.2 Å². The fourth-order valence-corrected chi connectivity index (χ4v) is 5.43. The number of hydrogen-bond acceptors (Lipinski definition) is 7. The fourth-order valence-electron chi connectivity index (χ4n) is 4.32. The van der Waals surface area contributed by atoms with Gasteiger partial charge in [-0.1, -0.05) is 0 Å². The second kappa shape index (κ2) is 10.1. The molecule has 8 nitrogen and oxygen atoms in total. The summed E-state index contributed by atoms with van der Waals surface area (Å²) in [6, 6.07) is 7.58. The van der Waals surface area contributed by atoms with Crippen molar-refractivity contribution in [1.82, 2.24) is 4.98 Å². The quantitative estimate of drug-likeness (QED) is 0.482. The zero-order valence-electron chi connectivity index (χ0n) is 20.3. The average molecular weight is 530 g/mol. The Hall–Kier alpha value is -3.57. The van der Waals surface area contributed by atoms with Gasteiger partial charge >= 0.3 is 0 Å². The summed E-state index contributed by atoms with van der Waals surface area (Å²) >= 11 is 0.